The molecule has 0 saturated heterocycles. The van der Waals surface area contributed by atoms with Gasteiger partial charge in [0.25, 0.3) is 10.0 Å². The molecule has 104 valence electrons. The summed E-state index contributed by atoms with van der Waals surface area (Å²) in [5.74, 6) is 0. The molecule has 0 spiro atoms. The van der Waals surface area contributed by atoms with Gasteiger partial charge >= 0.3 is 0 Å². The van der Waals surface area contributed by atoms with E-state index in [1.807, 2.05) is 6.92 Å². The molecule has 2 heterocycles. The Hall–Kier alpha value is -1.67. The van der Waals surface area contributed by atoms with E-state index in [0.717, 1.165) is 17.7 Å². The number of aryl methyl sites for hydroxylation is 3. The third kappa shape index (κ3) is 3.42. The third-order valence-corrected chi connectivity index (χ3v) is 4.15. The summed E-state index contributed by atoms with van der Waals surface area (Å²) in [6.45, 7) is 2.32. The van der Waals surface area contributed by atoms with Gasteiger partial charge in [-0.3, -0.25) is 5.10 Å². The van der Waals surface area contributed by atoms with Crippen molar-refractivity contribution in [2.45, 2.75) is 24.8 Å². The summed E-state index contributed by atoms with van der Waals surface area (Å²) in [7, 11) is -1.77. The SMILES string of the molecule is Cc1[nH]ncc1CCCNS(=O)(=O)c1cn(C)cn1. The predicted octanol–water partition coefficient (Wildman–Crippen LogP) is 0.363. The lowest BCUT2D eigenvalue weighted by Gasteiger charge is -2.03. The molecule has 8 heteroatoms. The van der Waals surface area contributed by atoms with Crippen molar-refractivity contribution in [3.63, 3.8) is 0 Å². The Morgan fingerprint density at radius 2 is 2.26 bits per heavy atom. The first-order valence-electron chi connectivity index (χ1n) is 5.95. The van der Waals surface area contributed by atoms with Crippen molar-refractivity contribution in [1.29, 1.82) is 0 Å². The van der Waals surface area contributed by atoms with E-state index in [9.17, 15) is 8.42 Å². The van der Waals surface area contributed by atoms with E-state index in [1.54, 1.807) is 17.8 Å². The van der Waals surface area contributed by atoms with Crippen molar-refractivity contribution in [2.24, 2.45) is 7.05 Å². The second-order valence-corrected chi connectivity index (χ2v) is 6.11. The summed E-state index contributed by atoms with van der Waals surface area (Å²) >= 11 is 0. The molecule has 2 N–H and O–H groups in total. The molecular weight excluding hydrogens is 266 g/mol. The molecule has 0 aliphatic rings. The molecule has 0 saturated carbocycles. The zero-order chi connectivity index (χ0) is 13.9. The van der Waals surface area contributed by atoms with Gasteiger partial charge in [-0.2, -0.15) is 5.10 Å². The Bertz CT molecular complexity index is 644. The average Bonchev–Trinajstić information content (AvgIpc) is 2.94. The second kappa shape index (κ2) is 5.54. The number of hydrogen-bond acceptors (Lipinski definition) is 4. The first kappa shape index (κ1) is 13.8. The molecular formula is C11H17N5O2S. The van der Waals surface area contributed by atoms with Crippen molar-refractivity contribution in [2.75, 3.05) is 6.54 Å². The van der Waals surface area contributed by atoms with E-state index in [0.29, 0.717) is 13.0 Å². The van der Waals surface area contributed by atoms with Crippen LogP contribution in [0.15, 0.2) is 23.7 Å². The molecule has 0 fully saturated rings. The topological polar surface area (TPSA) is 92.7 Å². The predicted molar refractivity (Wildman–Crippen MR) is 70.0 cm³/mol. The number of H-pyrrole nitrogens is 1. The fraction of sp³-hybridized carbons (Fsp3) is 0.455. The molecule has 0 aliphatic carbocycles. The number of aromatic nitrogens is 4. The van der Waals surface area contributed by atoms with E-state index in [2.05, 4.69) is 19.9 Å². The highest BCUT2D eigenvalue weighted by Crippen LogP contribution is 2.07. The number of imidazole rings is 1. The van der Waals surface area contributed by atoms with E-state index < -0.39 is 10.0 Å². The van der Waals surface area contributed by atoms with Gasteiger partial charge in [0.05, 0.1) is 12.5 Å². The minimum absolute atomic E-state index is 0.0505. The monoisotopic (exact) mass is 283 g/mol. The maximum Gasteiger partial charge on any atom is 0.259 e. The summed E-state index contributed by atoms with van der Waals surface area (Å²) in [5.41, 5.74) is 2.13. The van der Waals surface area contributed by atoms with Crippen molar-refractivity contribution in [3.8, 4) is 0 Å². The van der Waals surface area contributed by atoms with Gasteiger partial charge in [-0.15, -0.1) is 0 Å². The van der Waals surface area contributed by atoms with Gasteiger partial charge in [0.1, 0.15) is 0 Å². The minimum atomic E-state index is -3.50. The number of hydrogen-bond donors (Lipinski definition) is 2. The molecule has 0 bridgehead atoms. The van der Waals surface area contributed by atoms with E-state index in [-0.39, 0.29) is 5.03 Å². The molecule has 0 amide bonds. The van der Waals surface area contributed by atoms with Gasteiger partial charge in [0.2, 0.25) is 0 Å². The lowest BCUT2D eigenvalue weighted by molar-refractivity contribution is 0.575. The summed E-state index contributed by atoms with van der Waals surface area (Å²) in [6.07, 6.45) is 6.20. The number of rotatable bonds is 6. The minimum Gasteiger partial charge on any atom is -0.339 e. The van der Waals surface area contributed by atoms with Crippen LogP contribution in [0.5, 0.6) is 0 Å². The average molecular weight is 283 g/mol. The summed E-state index contributed by atoms with van der Waals surface area (Å²) < 4.78 is 27.9. The molecule has 0 aromatic carbocycles. The van der Waals surface area contributed by atoms with Crippen molar-refractivity contribution < 1.29 is 8.42 Å². The number of sulfonamides is 1. The van der Waals surface area contributed by atoms with Crippen LogP contribution in [0.3, 0.4) is 0 Å². The maximum atomic E-state index is 11.9. The smallest absolute Gasteiger partial charge is 0.259 e. The van der Waals surface area contributed by atoms with Gasteiger partial charge in [-0.05, 0) is 25.3 Å². The van der Waals surface area contributed by atoms with E-state index in [1.165, 1.54) is 12.5 Å². The second-order valence-electron chi connectivity index (χ2n) is 4.40. The molecule has 19 heavy (non-hydrogen) atoms. The fourth-order valence-electron chi connectivity index (χ4n) is 1.71. The largest absolute Gasteiger partial charge is 0.339 e. The van der Waals surface area contributed by atoms with Crippen molar-refractivity contribution >= 4 is 10.0 Å². The van der Waals surface area contributed by atoms with Crippen LogP contribution >= 0.6 is 0 Å². The molecule has 2 rings (SSSR count). The quantitative estimate of drug-likeness (QED) is 0.749. The summed E-state index contributed by atoms with van der Waals surface area (Å²) in [5, 5.41) is 6.83. The zero-order valence-corrected chi connectivity index (χ0v) is 11.7. The Labute approximate surface area is 112 Å². The highest BCUT2D eigenvalue weighted by atomic mass is 32.2. The van der Waals surface area contributed by atoms with E-state index in [4.69, 9.17) is 0 Å². The highest BCUT2D eigenvalue weighted by molar-refractivity contribution is 7.89. The van der Waals surface area contributed by atoms with E-state index >= 15 is 0 Å². The Morgan fingerprint density at radius 1 is 1.47 bits per heavy atom. The van der Waals surface area contributed by atoms with Gasteiger partial charge in [-0.1, -0.05) is 0 Å². The lowest BCUT2D eigenvalue weighted by atomic mass is 10.1. The Balaban J connectivity index is 1.84. The Kier molecular flexibility index (Phi) is 4.01. The van der Waals surface area contributed by atoms with Crippen LogP contribution < -0.4 is 4.72 Å². The molecule has 0 unspecified atom stereocenters. The number of aromatic amines is 1. The molecule has 0 aliphatic heterocycles. The van der Waals surface area contributed by atoms with Gasteiger partial charge < -0.3 is 4.57 Å². The molecule has 0 radical (unpaired) electrons. The number of nitrogens with one attached hydrogen (secondary N) is 2. The molecule has 7 nitrogen and oxygen atoms in total. The van der Waals surface area contributed by atoms with Crippen LogP contribution in [-0.2, 0) is 23.5 Å². The molecule has 2 aromatic rings. The fourth-order valence-corrected chi connectivity index (χ4v) is 2.77. The van der Waals surface area contributed by atoms with Crippen LogP contribution in [0.25, 0.3) is 0 Å². The maximum absolute atomic E-state index is 11.9. The van der Waals surface area contributed by atoms with Gasteiger partial charge in [-0.25, -0.2) is 18.1 Å². The van der Waals surface area contributed by atoms with Crippen LogP contribution in [0, 0.1) is 6.92 Å². The first-order chi connectivity index (χ1) is 8.99. The lowest BCUT2D eigenvalue weighted by Crippen LogP contribution is -2.25. The normalized spacial score (nSPS) is 11.9. The Morgan fingerprint density at radius 3 is 2.84 bits per heavy atom. The van der Waals surface area contributed by atoms with Crippen LogP contribution in [0.4, 0.5) is 0 Å². The van der Waals surface area contributed by atoms with Crippen molar-refractivity contribution in [3.05, 3.63) is 30.0 Å². The highest BCUT2D eigenvalue weighted by Gasteiger charge is 2.15. The van der Waals surface area contributed by atoms with Crippen LogP contribution in [0.1, 0.15) is 17.7 Å². The van der Waals surface area contributed by atoms with Crippen LogP contribution in [-0.4, -0.2) is 34.7 Å². The zero-order valence-electron chi connectivity index (χ0n) is 10.9. The summed E-state index contributed by atoms with van der Waals surface area (Å²) in [6, 6.07) is 0. The summed E-state index contributed by atoms with van der Waals surface area (Å²) in [4.78, 5) is 3.83. The van der Waals surface area contributed by atoms with Gasteiger partial charge in [0, 0.05) is 25.5 Å². The third-order valence-electron chi connectivity index (χ3n) is 2.81. The first-order valence-corrected chi connectivity index (χ1v) is 7.44. The number of nitrogens with zero attached hydrogens (tertiary/aromatic N) is 3. The van der Waals surface area contributed by atoms with Gasteiger partial charge in [0.15, 0.2) is 5.03 Å². The van der Waals surface area contributed by atoms with Crippen LogP contribution in [0.2, 0.25) is 0 Å². The van der Waals surface area contributed by atoms with Crippen molar-refractivity contribution in [1.82, 2.24) is 24.5 Å². The molecule has 0 atom stereocenters. The standard InChI is InChI=1S/C11H17N5O2S/c1-9-10(6-13-15-9)4-3-5-14-19(17,18)11-7-16(2)8-12-11/h6-8,14H,3-5H2,1-2H3,(H,13,15). The molecule has 2 aromatic heterocycles.